The lowest BCUT2D eigenvalue weighted by atomic mass is 9.87. The van der Waals surface area contributed by atoms with Gasteiger partial charge in [-0.3, -0.25) is 4.79 Å². The fourth-order valence-electron chi connectivity index (χ4n) is 3.13. The number of ether oxygens (including phenoxy) is 1. The zero-order valence-corrected chi connectivity index (χ0v) is 14.1. The number of carbonyl (C=O) groups excluding carboxylic acids is 1. The molecular weight excluding hydrogens is 318 g/mol. The molecule has 0 aliphatic heterocycles. The zero-order valence-electron chi connectivity index (χ0n) is 14.1. The molecule has 1 aromatic heterocycles. The highest BCUT2D eigenvalue weighted by Crippen LogP contribution is 2.33. The van der Waals surface area contributed by atoms with Crippen molar-refractivity contribution in [3.63, 3.8) is 0 Å². The van der Waals surface area contributed by atoms with Crippen molar-refractivity contribution in [1.29, 1.82) is 0 Å². The average molecular weight is 341 g/mol. The van der Waals surface area contributed by atoms with E-state index in [2.05, 4.69) is 22.4 Å². The monoisotopic (exact) mass is 341 g/mol. The van der Waals surface area contributed by atoms with E-state index in [1.165, 1.54) is 17.3 Å². The smallest absolute Gasteiger partial charge is 0.250 e. The molecule has 0 bridgehead atoms. The molecule has 1 aliphatic carbocycles. The Morgan fingerprint density at radius 2 is 2.24 bits per heavy atom. The number of aliphatic hydroxyl groups is 1. The van der Waals surface area contributed by atoms with Crippen LogP contribution in [0.4, 0.5) is 0 Å². The number of nitrogens with zero attached hydrogens (tertiary/aromatic N) is 1. The van der Waals surface area contributed by atoms with Crippen LogP contribution in [0.1, 0.15) is 46.8 Å². The Labute approximate surface area is 147 Å². The number of pyridine rings is 1. The first-order valence-corrected chi connectivity index (χ1v) is 8.58. The molecule has 6 nitrogen and oxygen atoms in total. The summed E-state index contributed by atoms with van der Waals surface area (Å²) >= 11 is 0. The van der Waals surface area contributed by atoms with Crippen molar-refractivity contribution in [3.05, 3.63) is 53.2 Å². The quantitative estimate of drug-likeness (QED) is 0.672. The van der Waals surface area contributed by atoms with Crippen LogP contribution >= 0.6 is 0 Å². The topological polar surface area (TPSA) is 97.5 Å². The second kappa shape index (κ2) is 8.09. The van der Waals surface area contributed by atoms with Crippen molar-refractivity contribution in [2.45, 2.75) is 31.7 Å². The number of hydrogen-bond donors (Lipinski definition) is 3. The van der Waals surface area contributed by atoms with Gasteiger partial charge in [-0.2, -0.15) is 0 Å². The van der Waals surface area contributed by atoms with E-state index in [0.717, 1.165) is 38.0 Å². The molecule has 1 atom stereocenters. The first-order chi connectivity index (χ1) is 12.2. The highest BCUT2D eigenvalue weighted by atomic mass is 16.5. The maximum absolute atomic E-state index is 11.1. The largest absolute Gasteiger partial charge is 0.439 e. The van der Waals surface area contributed by atoms with E-state index < -0.39 is 5.91 Å². The Bertz CT molecular complexity index is 731. The molecule has 132 valence electrons. The predicted molar refractivity (Wildman–Crippen MR) is 94.7 cm³/mol. The number of benzene rings is 1. The van der Waals surface area contributed by atoms with Crippen molar-refractivity contribution in [1.82, 2.24) is 10.3 Å². The number of amides is 1. The van der Waals surface area contributed by atoms with E-state index in [1.807, 2.05) is 6.07 Å². The minimum atomic E-state index is -0.507. The van der Waals surface area contributed by atoms with E-state index in [9.17, 15) is 4.79 Å². The van der Waals surface area contributed by atoms with Crippen LogP contribution in [0, 0.1) is 0 Å². The predicted octanol–water partition coefficient (Wildman–Crippen LogP) is 2.32. The summed E-state index contributed by atoms with van der Waals surface area (Å²) in [5, 5.41) is 12.4. The van der Waals surface area contributed by atoms with Crippen LogP contribution in [0.2, 0.25) is 0 Å². The van der Waals surface area contributed by atoms with Crippen molar-refractivity contribution < 1.29 is 14.6 Å². The molecule has 4 N–H and O–H groups in total. The third-order valence-corrected chi connectivity index (χ3v) is 4.40. The van der Waals surface area contributed by atoms with Gasteiger partial charge in [0.25, 0.3) is 0 Å². The Hall–Kier alpha value is -2.44. The summed E-state index contributed by atoms with van der Waals surface area (Å²) in [5.74, 6) is 0.653. The summed E-state index contributed by atoms with van der Waals surface area (Å²) < 4.78 is 5.80. The van der Waals surface area contributed by atoms with Gasteiger partial charge in [-0.15, -0.1) is 0 Å². The van der Waals surface area contributed by atoms with E-state index in [0.29, 0.717) is 17.5 Å². The molecule has 1 aliphatic rings. The Morgan fingerprint density at radius 3 is 2.96 bits per heavy atom. The normalized spacial score (nSPS) is 16.3. The molecule has 2 aromatic rings. The maximum atomic E-state index is 11.1. The molecule has 6 heteroatoms. The SMILES string of the molecule is NC(=O)c1ccc(Oc2ccc3c(c2)CCCC3NCCCO)nc1. The van der Waals surface area contributed by atoms with Gasteiger partial charge in [0.15, 0.2) is 0 Å². The minimum absolute atomic E-state index is 0.209. The molecule has 3 rings (SSSR count). The molecule has 0 saturated heterocycles. The van der Waals surface area contributed by atoms with E-state index in [1.54, 1.807) is 12.1 Å². The van der Waals surface area contributed by atoms with Crippen LogP contribution < -0.4 is 15.8 Å². The fourth-order valence-corrected chi connectivity index (χ4v) is 3.13. The number of aryl methyl sites for hydroxylation is 1. The number of aromatic nitrogens is 1. The Balaban J connectivity index is 1.71. The number of nitrogens with one attached hydrogen (secondary N) is 1. The van der Waals surface area contributed by atoms with Gasteiger partial charge in [-0.05, 0) is 61.6 Å². The van der Waals surface area contributed by atoms with Crippen molar-refractivity contribution >= 4 is 5.91 Å². The number of fused-ring (bicyclic) bond motifs is 1. The number of hydrogen-bond acceptors (Lipinski definition) is 5. The van der Waals surface area contributed by atoms with Crippen LogP contribution in [0.25, 0.3) is 0 Å². The molecule has 1 aromatic carbocycles. The van der Waals surface area contributed by atoms with Gasteiger partial charge in [-0.1, -0.05) is 6.07 Å². The van der Waals surface area contributed by atoms with Gasteiger partial charge in [0, 0.05) is 24.9 Å². The molecule has 1 unspecified atom stereocenters. The maximum Gasteiger partial charge on any atom is 0.250 e. The van der Waals surface area contributed by atoms with E-state index in [4.69, 9.17) is 15.6 Å². The number of carbonyl (C=O) groups is 1. The lowest BCUT2D eigenvalue weighted by Gasteiger charge is -2.27. The van der Waals surface area contributed by atoms with Gasteiger partial charge in [0.2, 0.25) is 11.8 Å². The molecule has 25 heavy (non-hydrogen) atoms. The van der Waals surface area contributed by atoms with Gasteiger partial charge in [-0.25, -0.2) is 4.98 Å². The van der Waals surface area contributed by atoms with E-state index >= 15 is 0 Å². The third kappa shape index (κ3) is 4.35. The number of primary amides is 1. The van der Waals surface area contributed by atoms with Crippen molar-refractivity contribution in [2.75, 3.05) is 13.2 Å². The molecule has 0 fully saturated rings. The molecular formula is C19H23N3O3. The fraction of sp³-hybridized carbons (Fsp3) is 0.368. The van der Waals surface area contributed by atoms with Crippen LogP contribution in [0.5, 0.6) is 11.6 Å². The summed E-state index contributed by atoms with van der Waals surface area (Å²) in [6, 6.07) is 9.66. The highest BCUT2D eigenvalue weighted by molar-refractivity contribution is 5.92. The Kier molecular flexibility index (Phi) is 5.63. The summed E-state index contributed by atoms with van der Waals surface area (Å²) in [6.45, 7) is 1.02. The van der Waals surface area contributed by atoms with Crippen LogP contribution in [-0.4, -0.2) is 29.1 Å². The van der Waals surface area contributed by atoms with Crippen LogP contribution in [0.3, 0.4) is 0 Å². The molecule has 0 radical (unpaired) electrons. The van der Waals surface area contributed by atoms with Gasteiger partial charge >= 0.3 is 0 Å². The lowest BCUT2D eigenvalue weighted by Crippen LogP contribution is -2.26. The third-order valence-electron chi connectivity index (χ3n) is 4.40. The molecule has 1 heterocycles. The summed E-state index contributed by atoms with van der Waals surface area (Å²) in [4.78, 5) is 15.2. The van der Waals surface area contributed by atoms with Crippen LogP contribution in [0.15, 0.2) is 36.5 Å². The standard InChI is InChI=1S/C19H23N3O3/c20-19(24)14-5-8-18(22-12-14)25-15-6-7-16-13(11-15)3-1-4-17(16)21-9-2-10-23/h5-8,11-12,17,21,23H,1-4,9-10H2,(H2,20,24). The van der Waals surface area contributed by atoms with Crippen molar-refractivity contribution in [3.8, 4) is 11.6 Å². The molecule has 1 amide bonds. The number of rotatable bonds is 7. The van der Waals surface area contributed by atoms with E-state index in [-0.39, 0.29) is 6.61 Å². The first-order valence-electron chi connectivity index (χ1n) is 8.58. The van der Waals surface area contributed by atoms with Crippen LogP contribution in [-0.2, 0) is 6.42 Å². The number of aliphatic hydroxyl groups excluding tert-OH is 1. The highest BCUT2D eigenvalue weighted by Gasteiger charge is 2.20. The number of nitrogens with two attached hydrogens (primary N) is 1. The summed E-state index contributed by atoms with van der Waals surface area (Å²) in [5.41, 5.74) is 8.14. The first kappa shape index (κ1) is 17.4. The van der Waals surface area contributed by atoms with Gasteiger partial charge < -0.3 is 20.9 Å². The lowest BCUT2D eigenvalue weighted by molar-refractivity contribution is 0.1000. The minimum Gasteiger partial charge on any atom is -0.439 e. The molecule has 0 spiro atoms. The average Bonchev–Trinajstić information content (AvgIpc) is 2.62. The van der Waals surface area contributed by atoms with Crippen molar-refractivity contribution in [2.24, 2.45) is 5.73 Å². The molecule has 0 saturated carbocycles. The summed E-state index contributed by atoms with van der Waals surface area (Å²) in [6.07, 6.45) is 5.43. The summed E-state index contributed by atoms with van der Waals surface area (Å²) in [7, 11) is 0. The second-order valence-electron chi connectivity index (χ2n) is 6.19. The zero-order chi connectivity index (χ0) is 17.6. The van der Waals surface area contributed by atoms with Gasteiger partial charge in [0.1, 0.15) is 5.75 Å². The van der Waals surface area contributed by atoms with Gasteiger partial charge in [0.05, 0.1) is 5.56 Å². The second-order valence-corrected chi connectivity index (χ2v) is 6.19. The Morgan fingerprint density at radius 1 is 1.36 bits per heavy atom.